The first-order valence-electron chi connectivity index (χ1n) is 10.8. The van der Waals surface area contributed by atoms with Crippen molar-refractivity contribution in [1.82, 2.24) is 5.43 Å². The molecule has 0 saturated carbocycles. The van der Waals surface area contributed by atoms with Gasteiger partial charge >= 0.3 is 17.8 Å². The fourth-order valence-corrected chi connectivity index (χ4v) is 2.80. The molecule has 9 nitrogen and oxygen atoms in total. The molecule has 0 spiro atoms. The minimum absolute atomic E-state index is 0.347. The van der Waals surface area contributed by atoms with Crippen molar-refractivity contribution in [2.24, 2.45) is 5.10 Å². The van der Waals surface area contributed by atoms with Crippen molar-refractivity contribution in [3.05, 3.63) is 83.9 Å². The Labute approximate surface area is 202 Å². The largest absolute Gasteiger partial charge is 0.497 e. The van der Waals surface area contributed by atoms with Gasteiger partial charge in [0, 0.05) is 11.8 Å². The van der Waals surface area contributed by atoms with Crippen molar-refractivity contribution in [3.63, 3.8) is 0 Å². The summed E-state index contributed by atoms with van der Waals surface area (Å²) in [6, 6.07) is 19.8. The van der Waals surface area contributed by atoms with Gasteiger partial charge in [0.1, 0.15) is 17.2 Å². The summed E-state index contributed by atoms with van der Waals surface area (Å²) in [6.07, 6.45) is 2.26. The van der Waals surface area contributed by atoms with Crippen LogP contribution in [0.5, 0.6) is 17.2 Å². The van der Waals surface area contributed by atoms with Crippen LogP contribution in [0, 0.1) is 0 Å². The molecular weight excluding hydrogens is 450 g/mol. The molecule has 0 radical (unpaired) electrons. The molecule has 0 aromatic heterocycles. The molecule has 0 aliphatic rings. The van der Waals surface area contributed by atoms with Gasteiger partial charge in [-0.15, -0.1) is 0 Å². The molecule has 2 amide bonds. The highest BCUT2D eigenvalue weighted by molar-refractivity contribution is 6.39. The molecule has 0 bridgehead atoms. The molecule has 3 rings (SSSR count). The first-order chi connectivity index (χ1) is 17.0. The lowest BCUT2D eigenvalue weighted by molar-refractivity contribution is -0.136. The molecule has 9 heteroatoms. The van der Waals surface area contributed by atoms with Gasteiger partial charge in [0.25, 0.3) is 0 Å². The van der Waals surface area contributed by atoms with Crippen LogP contribution in [0.3, 0.4) is 0 Å². The summed E-state index contributed by atoms with van der Waals surface area (Å²) in [5.41, 5.74) is 3.59. The van der Waals surface area contributed by atoms with Gasteiger partial charge < -0.3 is 19.5 Å². The molecule has 3 aromatic carbocycles. The van der Waals surface area contributed by atoms with E-state index in [1.165, 1.54) is 13.3 Å². The van der Waals surface area contributed by atoms with Crippen LogP contribution in [0.1, 0.15) is 29.3 Å². The minimum atomic E-state index is -0.930. The molecule has 0 unspecified atom stereocenters. The molecule has 2 N–H and O–H groups in total. The van der Waals surface area contributed by atoms with E-state index in [1.807, 2.05) is 6.92 Å². The van der Waals surface area contributed by atoms with Crippen molar-refractivity contribution < 1.29 is 28.6 Å². The number of hydrazone groups is 1. The topological polar surface area (TPSA) is 115 Å². The summed E-state index contributed by atoms with van der Waals surface area (Å²) >= 11 is 0. The molecule has 0 heterocycles. The Kier molecular flexibility index (Phi) is 8.95. The van der Waals surface area contributed by atoms with Crippen LogP contribution >= 0.6 is 0 Å². The van der Waals surface area contributed by atoms with Gasteiger partial charge in [-0.2, -0.15) is 5.10 Å². The average molecular weight is 476 g/mol. The zero-order chi connectivity index (χ0) is 25.0. The normalized spacial score (nSPS) is 10.5. The summed E-state index contributed by atoms with van der Waals surface area (Å²) in [5, 5.41) is 6.23. The fourth-order valence-electron chi connectivity index (χ4n) is 2.80. The lowest BCUT2D eigenvalue weighted by atomic mass is 10.2. The molecule has 3 aromatic rings. The van der Waals surface area contributed by atoms with Crippen LogP contribution < -0.4 is 25.0 Å². The van der Waals surface area contributed by atoms with Crippen molar-refractivity contribution in [1.29, 1.82) is 0 Å². The number of anilines is 1. The number of esters is 1. The van der Waals surface area contributed by atoms with Gasteiger partial charge in [0.15, 0.2) is 0 Å². The van der Waals surface area contributed by atoms with Gasteiger partial charge in [-0.3, -0.25) is 9.59 Å². The summed E-state index contributed by atoms with van der Waals surface area (Å²) in [6.45, 7) is 2.63. The van der Waals surface area contributed by atoms with E-state index in [4.69, 9.17) is 14.2 Å². The van der Waals surface area contributed by atoms with E-state index in [9.17, 15) is 14.4 Å². The van der Waals surface area contributed by atoms with E-state index >= 15 is 0 Å². The zero-order valence-corrected chi connectivity index (χ0v) is 19.3. The number of nitrogens with one attached hydrogen (secondary N) is 2. The summed E-state index contributed by atoms with van der Waals surface area (Å²) in [7, 11) is 1.50. The number of amides is 2. The molecule has 35 heavy (non-hydrogen) atoms. The highest BCUT2D eigenvalue weighted by Gasteiger charge is 2.13. The van der Waals surface area contributed by atoms with E-state index in [0.29, 0.717) is 40.7 Å². The first kappa shape index (κ1) is 25.0. The van der Waals surface area contributed by atoms with Gasteiger partial charge in [-0.25, -0.2) is 10.2 Å². The van der Waals surface area contributed by atoms with Crippen LogP contribution in [0.25, 0.3) is 0 Å². The number of hydrogen-bond acceptors (Lipinski definition) is 7. The van der Waals surface area contributed by atoms with Crippen LogP contribution in [0.4, 0.5) is 5.69 Å². The van der Waals surface area contributed by atoms with Crippen molar-refractivity contribution in [2.45, 2.75) is 13.3 Å². The lowest BCUT2D eigenvalue weighted by Crippen LogP contribution is -2.32. The fraction of sp³-hybridized carbons (Fsp3) is 0.154. The van der Waals surface area contributed by atoms with Crippen LogP contribution in [-0.4, -0.2) is 37.7 Å². The third kappa shape index (κ3) is 7.71. The smallest absolute Gasteiger partial charge is 0.343 e. The van der Waals surface area contributed by atoms with Crippen molar-refractivity contribution >= 4 is 29.7 Å². The number of ether oxygens (including phenoxy) is 3. The second-order valence-electron chi connectivity index (χ2n) is 7.22. The van der Waals surface area contributed by atoms with Crippen LogP contribution in [0.2, 0.25) is 0 Å². The van der Waals surface area contributed by atoms with Crippen molar-refractivity contribution in [2.75, 3.05) is 19.0 Å². The highest BCUT2D eigenvalue weighted by Crippen LogP contribution is 2.17. The number of methoxy groups -OCH3 is 1. The average Bonchev–Trinajstić information content (AvgIpc) is 2.88. The Hall–Kier alpha value is -4.66. The Balaban J connectivity index is 1.48. The van der Waals surface area contributed by atoms with E-state index in [2.05, 4.69) is 15.8 Å². The maximum absolute atomic E-state index is 12.3. The van der Waals surface area contributed by atoms with Gasteiger partial charge in [-0.1, -0.05) is 13.0 Å². The van der Waals surface area contributed by atoms with Crippen LogP contribution in [-0.2, 0) is 9.59 Å². The maximum Gasteiger partial charge on any atom is 0.343 e. The summed E-state index contributed by atoms with van der Waals surface area (Å²) in [5.74, 6) is -0.714. The van der Waals surface area contributed by atoms with E-state index < -0.39 is 17.8 Å². The molecule has 180 valence electrons. The standard InChI is InChI=1S/C26H25N3O6/c1-3-15-34-21-13-9-19(10-14-21)26(32)35-22-11-7-18(8-12-22)17-27-29-25(31)24(30)28-20-5-4-6-23(16-20)33-2/h4-14,16-17H,3,15H2,1-2H3,(H,28,30)(H,29,31)/b27-17+. The first-order valence-corrected chi connectivity index (χ1v) is 10.8. The molecule has 0 atom stereocenters. The highest BCUT2D eigenvalue weighted by atomic mass is 16.5. The third-order valence-corrected chi connectivity index (χ3v) is 4.57. The van der Waals surface area contributed by atoms with E-state index in [0.717, 1.165) is 6.42 Å². The second-order valence-corrected chi connectivity index (χ2v) is 7.22. The number of rotatable bonds is 9. The summed E-state index contributed by atoms with van der Waals surface area (Å²) in [4.78, 5) is 36.3. The predicted octanol–water partition coefficient (Wildman–Crippen LogP) is 3.79. The van der Waals surface area contributed by atoms with Gasteiger partial charge in [0.2, 0.25) is 0 Å². The number of hydrogen-bond donors (Lipinski definition) is 2. The monoisotopic (exact) mass is 475 g/mol. The Morgan fingerprint density at radius 3 is 2.29 bits per heavy atom. The number of nitrogens with zero attached hydrogens (tertiary/aromatic N) is 1. The summed E-state index contributed by atoms with van der Waals surface area (Å²) < 4.78 is 15.9. The molecule has 0 aliphatic heterocycles. The molecule has 0 fully saturated rings. The third-order valence-electron chi connectivity index (χ3n) is 4.57. The SMILES string of the molecule is CCCOc1ccc(C(=O)Oc2ccc(/C=N/NC(=O)C(=O)Nc3cccc(OC)c3)cc2)cc1. The zero-order valence-electron chi connectivity index (χ0n) is 19.3. The van der Waals surface area contributed by atoms with Gasteiger partial charge in [-0.05, 0) is 72.6 Å². The maximum atomic E-state index is 12.3. The molecule has 0 saturated heterocycles. The number of benzene rings is 3. The minimum Gasteiger partial charge on any atom is -0.497 e. The molecular formula is C26H25N3O6. The Morgan fingerprint density at radius 1 is 0.886 bits per heavy atom. The van der Waals surface area contributed by atoms with Crippen molar-refractivity contribution in [3.8, 4) is 17.2 Å². The van der Waals surface area contributed by atoms with Crippen LogP contribution in [0.15, 0.2) is 77.9 Å². The second kappa shape index (κ2) is 12.5. The number of carbonyl (C=O) groups is 3. The lowest BCUT2D eigenvalue weighted by Gasteiger charge is -2.07. The van der Waals surface area contributed by atoms with E-state index in [-0.39, 0.29) is 0 Å². The van der Waals surface area contributed by atoms with Gasteiger partial charge in [0.05, 0.1) is 25.5 Å². The Morgan fingerprint density at radius 2 is 1.60 bits per heavy atom. The quantitative estimate of drug-likeness (QED) is 0.160. The number of carbonyl (C=O) groups excluding carboxylic acids is 3. The molecule has 0 aliphatic carbocycles. The van der Waals surface area contributed by atoms with E-state index in [1.54, 1.807) is 72.8 Å². The Bertz CT molecular complexity index is 1190. The predicted molar refractivity (Wildman–Crippen MR) is 131 cm³/mol.